The van der Waals surface area contributed by atoms with Crippen LogP contribution in [0.2, 0.25) is 0 Å². The first kappa shape index (κ1) is 24.8. The summed E-state index contributed by atoms with van der Waals surface area (Å²) < 4.78 is 48.4. The van der Waals surface area contributed by atoms with Crippen molar-refractivity contribution in [2.75, 3.05) is 33.3 Å². The van der Waals surface area contributed by atoms with E-state index in [1.807, 2.05) is 18.2 Å². The standard InChI is InChI=1S/C27H26F3N5O2/c1-18-23(20-8-10-21(37-2)11-9-20)32-25-22(16-31-35(25)24(18)27(28,29)30)26(36)34-14-12-33(13-15-34)17-19-6-4-3-5-7-19/h3-11,16H,12-15,17H2,1-2H3. The second-order valence-electron chi connectivity index (χ2n) is 9.01. The maximum absolute atomic E-state index is 14.2. The van der Waals surface area contributed by atoms with Crippen molar-refractivity contribution in [2.45, 2.75) is 19.6 Å². The summed E-state index contributed by atoms with van der Waals surface area (Å²) in [6, 6.07) is 16.7. The molecule has 0 spiro atoms. The van der Waals surface area contributed by atoms with E-state index in [0.29, 0.717) is 37.5 Å². The van der Waals surface area contributed by atoms with Crippen LogP contribution in [0, 0.1) is 6.92 Å². The molecule has 1 fully saturated rings. The number of carbonyl (C=O) groups excluding carboxylic acids is 1. The summed E-state index contributed by atoms with van der Waals surface area (Å²) >= 11 is 0. The summed E-state index contributed by atoms with van der Waals surface area (Å²) in [6.07, 6.45) is -3.50. The van der Waals surface area contributed by atoms with Crippen molar-refractivity contribution in [3.63, 3.8) is 0 Å². The summed E-state index contributed by atoms with van der Waals surface area (Å²) in [5, 5.41) is 3.95. The topological polar surface area (TPSA) is 63.0 Å². The highest BCUT2D eigenvalue weighted by atomic mass is 19.4. The van der Waals surface area contributed by atoms with Gasteiger partial charge in [0.25, 0.3) is 5.91 Å². The molecule has 2 aromatic heterocycles. The van der Waals surface area contributed by atoms with Crippen LogP contribution < -0.4 is 4.74 Å². The van der Waals surface area contributed by atoms with Crippen molar-refractivity contribution in [1.82, 2.24) is 24.4 Å². The fraction of sp³-hybridized carbons (Fsp3) is 0.296. The summed E-state index contributed by atoms with van der Waals surface area (Å²) in [4.78, 5) is 21.9. The number of ether oxygens (including phenoxy) is 1. The maximum atomic E-state index is 14.2. The van der Waals surface area contributed by atoms with E-state index in [1.54, 1.807) is 29.2 Å². The second-order valence-corrected chi connectivity index (χ2v) is 9.01. The normalized spacial score (nSPS) is 14.8. The molecule has 192 valence electrons. The zero-order valence-electron chi connectivity index (χ0n) is 20.5. The molecule has 5 rings (SSSR count). The van der Waals surface area contributed by atoms with Crippen molar-refractivity contribution >= 4 is 11.6 Å². The third kappa shape index (κ3) is 4.89. The first-order valence-corrected chi connectivity index (χ1v) is 11.9. The Bertz CT molecular complexity index is 1410. The predicted octanol–water partition coefficient (Wildman–Crippen LogP) is 4.69. The number of amides is 1. The van der Waals surface area contributed by atoms with Crippen LogP contribution in [0.3, 0.4) is 0 Å². The van der Waals surface area contributed by atoms with Gasteiger partial charge in [0.2, 0.25) is 0 Å². The Morgan fingerprint density at radius 2 is 1.68 bits per heavy atom. The second kappa shape index (κ2) is 9.85. The van der Waals surface area contributed by atoms with Crippen LogP contribution in [0.5, 0.6) is 5.75 Å². The van der Waals surface area contributed by atoms with Gasteiger partial charge in [-0.2, -0.15) is 18.3 Å². The van der Waals surface area contributed by atoms with Gasteiger partial charge in [-0.05, 0) is 36.8 Å². The molecular weight excluding hydrogens is 483 g/mol. The zero-order chi connectivity index (χ0) is 26.2. The van der Waals surface area contributed by atoms with E-state index in [-0.39, 0.29) is 28.4 Å². The SMILES string of the molecule is COc1ccc(-c2nc3c(C(=O)N4CCN(Cc5ccccc5)CC4)cnn3c(C(F)(F)F)c2C)cc1. The highest BCUT2D eigenvalue weighted by Crippen LogP contribution is 2.37. The molecule has 0 aliphatic carbocycles. The Hall–Kier alpha value is -3.92. The number of nitrogens with zero attached hydrogens (tertiary/aromatic N) is 5. The van der Waals surface area contributed by atoms with Gasteiger partial charge in [0.05, 0.1) is 19.0 Å². The average molecular weight is 510 g/mol. The Morgan fingerprint density at radius 3 is 2.30 bits per heavy atom. The first-order valence-electron chi connectivity index (χ1n) is 11.9. The van der Waals surface area contributed by atoms with Gasteiger partial charge in [-0.25, -0.2) is 9.50 Å². The molecule has 0 saturated carbocycles. The van der Waals surface area contributed by atoms with Crippen molar-refractivity contribution in [3.05, 3.63) is 83.2 Å². The molecule has 1 aliphatic heterocycles. The minimum Gasteiger partial charge on any atom is -0.497 e. The number of piperazine rings is 1. The third-order valence-corrected chi connectivity index (χ3v) is 6.65. The highest BCUT2D eigenvalue weighted by molar-refractivity contribution is 6.00. The molecule has 1 amide bonds. The highest BCUT2D eigenvalue weighted by Gasteiger charge is 2.39. The number of hydrogen-bond donors (Lipinski definition) is 0. The number of benzene rings is 2. The van der Waals surface area contributed by atoms with Crippen LogP contribution in [0.1, 0.15) is 27.2 Å². The fourth-order valence-corrected chi connectivity index (χ4v) is 4.71. The zero-order valence-corrected chi connectivity index (χ0v) is 20.5. The fourth-order valence-electron chi connectivity index (χ4n) is 4.71. The van der Waals surface area contributed by atoms with Gasteiger partial charge < -0.3 is 9.64 Å². The summed E-state index contributed by atoms with van der Waals surface area (Å²) in [6.45, 7) is 4.40. The van der Waals surface area contributed by atoms with Crippen LogP contribution in [0.15, 0.2) is 60.8 Å². The molecule has 10 heteroatoms. The van der Waals surface area contributed by atoms with E-state index in [1.165, 1.54) is 25.8 Å². The summed E-state index contributed by atoms with van der Waals surface area (Å²) in [5.74, 6) is 0.199. The van der Waals surface area contributed by atoms with Crippen LogP contribution in [0.4, 0.5) is 13.2 Å². The van der Waals surface area contributed by atoms with E-state index in [4.69, 9.17) is 4.74 Å². The lowest BCUT2D eigenvalue weighted by Crippen LogP contribution is -2.48. The number of rotatable bonds is 5. The monoisotopic (exact) mass is 509 g/mol. The van der Waals surface area contributed by atoms with Crippen molar-refractivity contribution in [1.29, 1.82) is 0 Å². The Balaban J connectivity index is 1.46. The average Bonchev–Trinajstić information content (AvgIpc) is 3.31. The van der Waals surface area contributed by atoms with Crippen LogP contribution in [-0.4, -0.2) is 63.6 Å². The molecule has 4 aromatic rings. The lowest BCUT2D eigenvalue weighted by molar-refractivity contribution is -0.143. The maximum Gasteiger partial charge on any atom is 0.433 e. The Kier molecular flexibility index (Phi) is 6.59. The summed E-state index contributed by atoms with van der Waals surface area (Å²) in [7, 11) is 1.51. The molecule has 1 saturated heterocycles. The van der Waals surface area contributed by atoms with E-state index in [2.05, 4.69) is 27.1 Å². The number of aromatic nitrogens is 3. The van der Waals surface area contributed by atoms with Gasteiger partial charge in [-0.1, -0.05) is 30.3 Å². The molecule has 0 atom stereocenters. The van der Waals surface area contributed by atoms with E-state index in [0.717, 1.165) is 11.1 Å². The Morgan fingerprint density at radius 1 is 1.00 bits per heavy atom. The van der Waals surface area contributed by atoms with Gasteiger partial charge in [0, 0.05) is 43.9 Å². The Labute approximate surface area is 212 Å². The van der Waals surface area contributed by atoms with Gasteiger partial charge in [-0.3, -0.25) is 9.69 Å². The molecule has 0 radical (unpaired) electrons. The smallest absolute Gasteiger partial charge is 0.433 e. The minimum atomic E-state index is -4.69. The van der Waals surface area contributed by atoms with Crippen molar-refractivity contribution < 1.29 is 22.7 Å². The predicted molar refractivity (Wildman–Crippen MR) is 132 cm³/mol. The number of halogens is 3. The molecule has 2 aromatic carbocycles. The lowest BCUT2D eigenvalue weighted by atomic mass is 10.0. The van der Waals surface area contributed by atoms with Crippen molar-refractivity contribution in [2.24, 2.45) is 0 Å². The first-order chi connectivity index (χ1) is 17.8. The number of alkyl halides is 3. The van der Waals surface area contributed by atoms with Crippen LogP contribution >= 0.6 is 0 Å². The van der Waals surface area contributed by atoms with E-state index in [9.17, 15) is 18.0 Å². The number of fused-ring (bicyclic) bond motifs is 1. The minimum absolute atomic E-state index is 0.0526. The van der Waals surface area contributed by atoms with E-state index < -0.39 is 11.9 Å². The summed E-state index contributed by atoms with van der Waals surface area (Å²) in [5.41, 5.74) is 0.745. The van der Waals surface area contributed by atoms with Gasteiger partial charge in [0.1, 0.15) is 11.3 Å². The molecule has 0 N–H and O–H groups in total. The van der Waals surface area contributed by atoms with Crippen molar-refractivity contribution in [3.8, 4) is 17.0 Å². The van der Waals surface area contributed by atoms with Crippen LogP contribution in [-0.2, 0) is 12.7 Å². The largest absolute Gasteiger partial charge is 0.497 e. The van der Waals surface area contributed by atoms with Gasteiger partial charge in [0.15, 0.2) is 11.3 Å². The number of carbonyl (C=O) groups is 1. The molecule has 7 nitrogen and oxygen atoms in total. The van der Waals surface area contributed by atoms with Gasteiger partial charge >= 0.3 is 6.18 Å². The van der Waals surface area contributed by atoms with Gasteiger partial charge in [-0.15, -0.1) is 0 Å². The third-order valence-electron chi connectivity index (χ3n) is 6.65. The quantitative estimate of drug-likeness (QED) is 0.391. The number of hydrogen-bond acceptors (Lipinski definition) is 5. The van der Waals surface area contributed by atoms with E-state index >= 15 is 0 Å². The molecule has 37 heavy (non-hydrogen) atoms. The number of methoxy groups -OCH3 is 1. The van der Waals surface area contributed by atoms with Crippen LogP contribution in [0.25, 0.3) is 16.9 Å². The molecule has 0 unspecified atom stereocenters. The molecular formula is C27H26F3N5O2. The lowest BCUT2D eigenvalue weighted by Gasteiger charge is -2.34. The molecule has 0 bridgehead atoms. The molecule has 1 aliphatic rings. The molecule has 3 heterocycles.